The highest BCUT2D eigenvalue weighted by molar-refractivity contribution is 6.22. The third kappa shape index (κ3) is 4.34. The SMILES string of the molecule is COc1ccc(NC(=O)C[C@H]2C(=O)N(c3cccc(C)c3)C(=O)N2Cc2ccco2)cc1. The molecular formula is C24H23N3O5. The molecule has 32 heavy (non-hydrogen) atoms. The molecule has 0 radical (unpaired) electrons. The van der Waals surface area contributed by atoms with Crippen molar-refractivity contribution in [2.24, 2.45) is 0 Å². The first kappa shape index (κ1) is 21.2. The van der Waals surface area contributed by atoms with Crippen molar-refractivity contribution in [3.05, 3.63) is 78.3 Å². The maximum Gasteiger partial charge on any atom is 0.332 e. The summed E-state index contributed by atoms with van der Waals surface area (Å²) in [7, 11) is 1.56. The quantitative estimate of drug-likeness (QED) is 0.570. The monoisotopic (exact) mass is 433 g/mol. The normalized spacial score (nSPS) is 15.9. The molecule has 1 saturated heterocycles. The van der Waals surface area contributed by atoms with Gasteiger partial charge in [-0.3, -0.25) is 9.59 Å². The topological polar surface area (TPSA) is 92.1 Å². The van der Waals surface area contributed by atoms with Gasteiger partial charge in [-0.1, -0.05) is 12.1 Å². The summed E-state index contributed by atoms with van der Waals surface area (Å²) in [5.41, 5.74) is 1.96. The highest BCUT2D eigenvalue weighted by Gasteiger charge is 2.47. The Morgan fingerprint density at radius 2 is 1.88 bits per heavy atom. The molecule has 4 rings (SSSR count). The number of rotatable bonds is 7. The molecule has 1 N–H and O–H groups in total. The number of anilines is 2. The Morgan fingerprint density at radius 1 is 1.09 bits per heavy atom. The second-order valence-corrected chi connectivity index (χ2v) is 7.50. The van der Waals surface area contributed by atoms with Crippen molar-refractivity contribution in [2.75, 3.05) is 17.3 Å². The van der Waals surface area contributed by atoms with E-state index >= 15 is 0 Å². The van der Waals surface area contributed by atoms with Crippen LogP contribution in [0.15, 0.2) is 71.3 Å². The predicted molar refractivity (Wildman–Crippen MR) is 118 cm³/mol. The number of hydrogen-bond donors (Lipinski definition) is 1. The van der Waals surface area contributed by atoms with Gasteiger partial charge in [0.1, 0.15) is 17.6 Å². The van der Waals surface area contributed by atoms with E-state index < -0.39 is 18.0 Å². The number of carbonyl (C=O) groups excluding carboxylic acids is 3. The molecule has 164 valence electrons. The predicted octanol–water partition coefficient (Wildman–Crippen LogP) is 3.96. The molecule has 0 unspecified atom stereocenters. The Labute approximate surface area is 185 Å². The smallest absolute Gasteiger partial charge is 0.332 e. The van der Waals surface area contributed by atoms with Gasteiger partial charge in [-0.25, -0.2) is 9.69 Å². The Balaban J connectivity index is 1.57. The number of furan rings is 1. The lowest BCUT2D eigenvalue weighted by molar-refractivity contribution is -0.124. The van der Waals surface area contributed by atoms with Gasteiger partial charge in [0.2, 0.25) is 5.91 Å². The second kappa shape index (κ2) is 8.97. The van der Waals surface area contributed by atoms with Crippen LogP contribution < -0.4 is 15.0 Å². The molecule has 0 spiro atoms. The van der Waals surface area contributed by atoms with Crippen LogP contribution in [0.4, 0.5) is 16.2 Å². The lowest BCUT2D eigenvalue weighted by Crippen LogP contribution is -2.37. The molecule has 2 aromatic carbocycles. The van der Waals surface area contributed by atoms with Crippen molar-refractivity contribution < 1.29 is 23.5 Å². The fraction of sp³-hybridized carbons (Fsp3) is 0.208. The fourth-order valence-electron chi connectivity index (χ4n) is 3.65. The van der Waals surface area contributed by atoms with E-state index in [0.29, 0.717) is 22.9 Å². The van der Waals surface area contributed by atoms with Crippen LogP contribution in [0.1, 0.15) is 17.7 Å². The summed E-state index contributed by atoms with van der Waals surface area (Å²) in [4.78, 5) is 41.7. The van der Waals surface area contributed by atoms with Crippen molar-refractivity contribution in [2.45, 2.75) is 25.9 Å². The van der Waals surface area contributed by atoms with Gasteiger partial charge in [0.25, 0.3) is 5.91 Å². The number of imide groups is 1. The average Bonchev–Trinajstić information content (AvgIpc) is 3.37. The zero-order valence-corrected chi connectivity index (χ0v) is 17.8. The van der Waals surface area contributed by atoms with Gasteiger partial charge in [-0.2, -0.15) is 0 Å². The first-order valence-corrected chi connectivity index (χ1v) is 10.1. The maximum absolute atomic E-state index is 13.3. The Bertz CT molecular complexity index is 1120. The molecule has 1 aromatic heterocycles. The van der Waals surface area contributed by atoms with Crippen LogP contribution in [0.25, 0.3) is 0 Å². The van der Waals surface area contributed by atoms with E-state index in [1.54, 1.807) is 61.7 Å². The van der Waals surface area contributed by atoms with E-state index in [4.69, 9.17) is 9.15 Å². The van der Waals surface area contributed by atoms with Gasteiger partial charge in [-0.05, 0) is 61.0 Å². The summed E-state index contributed by atoms with van der Waals surface area (Å²) in [6, 6.07) is 16.0. The maximum atomic E-state index is 13.3. The lowest BCUT2D eigenvalue weighted by atomic mass is 10.1. The number of amides is 4. The number of benzene rings is 2. The van der Waals surface area contributed by atoms with Crippen LogP contribution >= 0.6 is 0 Å². The standard InChI is InChI=1S/C24H23N3O5/c1-16-5-3-6-18(13-16)27-23(29)21(26(24(27)30)15-20-7-4-12-32-20)14-22(28)25-17-8-10-19(31-2)11-9-17/h3-13,21H,14-15H2,1-2H3,(H,25,28)/t21-/m0/s1. The van der Waals surface area contributed by atoms with Crippen molar-refractivity contribution in [3.63, 3.8) is 0 Å². The first-order valence-electron chi connectivity index (χ1n) is 10.1. The highest BCUT2D eigenvalue weighted by atomic mass is 16.5. The van der Waals surface area contributed by atoms with Gasteiger partial charge >= 0.3 is 6.03 Å². The van der Waals surface area contributed by atoms with Crippen LogP contribution in [0.5, 0.6) is 5.75 Å². The fourth-order valence-corrected chi connectivity index (χ4v) is 3.65. The molecule has 1 atom stereocenters. The largest absolute Gasteiger partial charge is 0.497 e. The van der Waals surface area contributed by atoms with Crippen molar-refractivity contribution in [3.8, 4) is 5.75 Å². The van der Waals surface area contributed by atoms with Crippen LogP contribution in [-0.2, 0) is 16.1 Å². The molecule has 0 saturated carbocycles. The van der Waals surface area contributed by atoms with Gasteiger partial charge in [0.05, 0.1) is 32.0 Å². The lowest BCUT2D eigenvalue weighted by Gasteiger charge is -2.20. The molecule has 3 aromatic rings. The molecule has 1 aliphatic heterocycles. The minimum atomic E-state index is -0.952. The Hall–Kier alpha value is -4.07. The number of hydrogen-bond acceptors (Lipinski definition) is 5. The van der Waals surface area contributed by atoms with Gasteiger partial charge in [-0.15, -0.1) is 0 Å². The molecule has 2 heterocycles. The Kier molecular flexibility index (Phi) is 5.93. The van der Waals surface area contributed by atoms with Gasteiger partial charge < -0.3 is 19.4 Å². The van der Waals surface area contributed by atoms with E-state index in [9.17, 15) is 14.4 Å². The van der Waals surface area contributed by atoms with Crippen LogP contribution in [0.2, 0.25) is 0 Å². The van der Waals surface area contributed by atoms with Gasteiger partial charge in [0, 0.05) is 5.69 Å². The number of aryl methyl sites for hydroxylation is 1. The van der Waals surface area contributed by atoms with E-state index in [0.717, 1.165) is 10.5 Å². The van der Waals surface area contributed by atoms with Crippen molar-refractivity contribution >= 4 is 29.2 Å². The molecule has 0 bridgehead atoms. The summed E-state index contributed by atoms with van der Waals surface area (Å²) >= 11 is 0. The Morgan fingerprint density at radius 3 is 2.53 bits per heavy atom. The number of nitrogens with one attached hydrogen (secondary N) is 1. The van der Waals surface area contributed by atoms with E-state index in [2.05, 4.69) is 5.32 Å². The summed E-state index contributed by atoms with van der Waals surface area (Å²) < 4.78 is 10.5. The summed E-state index contributed by atoms with van der Waals surface area (Å²) in [6.07, 6.45) is 1.32. The highest BCUT2D eigenvalue weighted by Crippen LogP contribution is 2.29. The van der Waals surface area contributed by atoms with Gasteiger partial charge in [0.15, 0.2) is 0 Å². The molecule has 8 nitrogen and oxygen atoms in total. The molecule has 1 fully saturated rings. The molecular weight excluding hydrogens is 410 g/mol. The van der Waals surface area contributed by atoms with E-state index in [1.807, 2.05) is 13.0 Å². The van der Waals surface area contributed by atoms with Crippen LogP contribution in [-0.4, -0.2) is 35.9 Å². The third-order valence-corrected chi connectivity index (χ3v) is 5.24. The first-order chi connectivity index (χ1) is 15.5. The number of ether oxygens (including phenoxy) is 1. The summed E-state index contributed by atoms with van der Waals surface area (Å²) in [6.45, 7) is 1.97. The second-order valence-electron chi connectivity index (χ2n) is 7.50. The molecule has 0 aliphatic carbocycles. The number of methoxy groups -OCH3 is 1. The molecule has 4 amide bonds. The minimum absolute atomic E-state index is 0.0837. The van der Waals surface area contributed by atoms with Crippen LogP contribution in [0, 0.1) is 6.92 Å². The zero-order valence-electron chi connectivity index (χ0n) is 17.8. The van der Waals surface area contributed by atoms with Crippen LogP contribution in [0.3, 0.4) is 0 Å². The summed E-state index contributed by atoms with van der Waals surface area (Å²) in [5, 5.41) is 2.77. The third-order valence-electron chi connectivity index (χ3n) is 5.24. The molecule has 1 aliphatic rings. The number of urea groups is 1. The van der Waals surface area contributed by atoms with E-state index in [-0.39, 0.29) is 18.9 Å². The zero-order chi connectivity index (χ0) is 22.7. The average molecular weight is 433 g/mol. The van der Waals surface area contributed by atoms with Crippen molar-refractivity contribution in [1.29, 1.82) is 0 Å². The minimum Gasteiger partial charge on any atom is -0.497 e. The number of nitrogens with zero attached hydrogens (tertiary/aromatic N) is 2. The van der Waals surface area contributed by atoms with E-state index in [1.165, 1.54) is 11.2 Å². The molecule has 8 heteroatoms. The summed E-state index contributed by atoms with van der Waals surface area (Å²) in [5.74, 6) is 0.365. The number of carbonyl (C=O) groups is 3. The van der Waals surface area contributed by atoms with Crippen molar-refractivity contribution in [1.82, 2.24) is 4.90 Å².